The van der Waals surface area contributed by atoms with Gasteiger partial charge in [0.2, 0.25) is 5.91 Å². The van der Waals surface area contributed by atoms with E-state index in [1.807, 2.05) is 18.5 Å². The largest absolute Gasteiger partial charge is 0.354 e. The van der Waals surface area contributed by atoms with Gasteiger partial charge in [-0.05, 0) is 86.5 Å². The van der Waals surface area contributed by atoms with Crippen LogP contribution in [-0.2, 0) is 4.79 Å². The van der Waals surface area contributed by atoms with Crippen molar-refractivity contribution in [3.05, 3.63) is 53.5 Å². The van der Waals surface area contributed by atoms with E-state index in [4.69, 9.17) is 0 Å². The maximum absolute atomic E-state index is 12.3. The molecule has 0 bridgehead atoms. The fraction of sp³-hybridized carbons (Fsp3) is 0.464. The highest BCUT2D eigenvalue weighted by Crippen LogP contribution is 2.39. The summed E-state index contributed by atoms with van der Waals surface area (Å²) in [6.07, 6.45) is 5.86. The number of H-pyrrole nitrogens is 1. The number of nitrogens with one attached hydrogen (secondary N) is 1. The Balaban J connectivity index is 1.43. The third-order valence-electron chi connectivity index (χ3n) is 7.65. The molecule has 1 saturated heterocycles. The number of hydrogen-bond acceptors (Lipinski definition) is 4. The molecule has 7 heteroatoms. The number of benzene rings is 1. The van der Waals surface area contributed by atoms with Gasteiger partial charge in [-0.2, -0.15) is 5.10 Å². The summed E-state index contributed by atoms with van der Waals surface area (Å²) in [6.45, 7) is 11.9. The van der Waals surface area contributed by atoms with E-state index in [9.17, 15) is 4.79 Å². The number of piperidine rings is 1. The van der Waals surface area contributed by atoms with Crippen LogP contribution in [0, 0.1) is 6.92 Å². The molecular formula is C28H36N6O. The van der Waals surface area contributed by atoms with Crippen molar-refractivity contribution in [2.75, 3.05) is 33.2 Å². The fourth-order valence-electron chi connectivity index (χ4n) is 5.43. The monoisotopic (exact) mass is 472 g/mol. The molecule has 0 spiro atoms. The lowest BCUT2D eigenvalue weighted by Crippen LogP contribution is -2.41. The smallest absolute Gasteiger partial charge is 0.236 e. The number of carbonyl (C=O) groups excluding carboxylic acids is 1. The third-order valence-corrected chi connectivity index (χ3v) is 7.65. The Bertz CT molecular complexity index is 1360. The summed E-state index contributed by atoms with van der Waals surface area (Å²) in [6, 6.07) is 9.04. The van der Waals surface area contributed by atoms with Crippen molar-refractivity contribution in [1.29, 1.82) is 0 Å². The van der Waals surface area contributed by atoms with Crippen LogP contribution in [0.2, 0.25) is 0 Å². The second kappa shape index (κ2) is 9.46. The lowest BCUT2D eigenvalue weighted by atomic mass is 9.87. The van der Waals surface area contributed by atoms with Crippen LogP contribution in [0.1, 0.15) is 62.1 Å². The van der Waals surface area contributed by atoms with Gasteiger partial charge < -0.3 is 9.88 Å². The van der Waals surface area contributed by atoms with Gasteiger partial charge in [0.1, 0.15) is 6.33 Å². The first kappa shape index (κ1) is 23.5. The number of aryl methyl sites for hydroxylation is 1. The average molecular weight is 473 g/mol. The van der Waals surface area contributed by atoms with E-state index in [1.165, 1.54) is 38.9 Å². The molecule has 1 N–H and O–H groups in total. The zero-order valence-electron chi connectivity index (χ0n) is 21.5. The predicted octanol–water partition coefficient (Wildman–Crippen LogP) is 4.97. The number of fused-ring (bicyclic) bond motifs is 2. The quantitative estimate of drug-likeness (QED) is 0.430. The number of aromatic nitrogens is 4. The van der Waals surface area contributed by atoms with E-state index >= 15 is 0 Å². The maximum Gasteiger partial charge on any atom is 0.236 e. The van der Waals surface area contributed by atoms with E-state index in [0.717, 1.165) is 38.1 Å². The van der Waals surface area contributed by atoms with Crippen LogP contribution in [0.3, 0.4) is 0 Å². The number of rotatable bonds is 6. The molecule has 0 atom stereocenters. The van der Waals surface area contributed by atoms with Crippen molar-refractivity contribution in [2.24, 2.45) is 0 Å². The van der Waals surface area contributed by atoms with E-state index in [0.29, 0.717) is 18.4 Å². The summed E-state index contributed by atoms with van der Waals surface area (Å²) >= 11 is 0. The normalized spacial score (nSPS) is 15.5. The molecule has 4 heterocycles. The molecule has 7 nitrogen and oxygen atoms in total. The number of hydrogen-bond donors (Lipinski definition) is 1. The highest BCUT2D eigenvalue weighted by molar-refractivity contribution is 5.92. The number of aromatic amines is 1. The fourth-order valence-corrected chi connectivity index (χ4v) is 5.43. The topological polar surface area (TPSA) is 69.5 Å². The minimum atomic E-state index is 0.216. The van der Waals surface area contributed by atoms with Crippen molar-refractivity contribution in [3.8, 4) is 11.3 Å². The van der Waals surface area contributed by atoms with E-state index < -0.39 is 0 Å². The minimum absolute atomic E-state index is 0.216. The molecule has 1 aliphatic heterocycles. The summed E-state index contributed by atoms with van der Waals surface area (Å²) in [5.74, 6) is 1.12. The van der Waals surface area contributed by atoms with Gasteiger partial charge in [0.25, 0.3) is 0 Å². The molecule has 0 unspecified atom stereocenters. The first-order valence-electron chi connectivity index (χ1n) is 12.8. The Morgan fingerprint density at radius 1 is 1.23 bits per heavy atom. The molecule has 1 aliphatic rings. The molecule has 0 aliphatic carbocycles. The van der Waals surface area contributed by atoms with Gasteiger partial charge in [0.05, 0.1) is 12.2 Å². The number of amides is 1. The van der Waals surface area contributed by atoms with Gasteiger partial charge in [-0.1, -0.05) is 19.9 Å². The van der Waals surface area contributed by atoms with Gasteiger partial charge >= 0.3 is 0 Å². The molecule has 0 radical (unpaired) electrons. The Morgan fingerprint density at radius 3 is 2.71 bits per heavy atom. The predicted molar refractivity (Wildman–Crippen MR) is 141 cm³/mol. The molecular weight excluding hydrogens is 436 g/mol. The van der Waals surface area contributed by atoms with Crippen molar-refractivity contribution < 1.29 is 4.79 Å². The molecule has 3 aromatic heterocycles. The van der Waals surface area contributed by atoms with Crippen LogP contribution in [0.15, 0.2) is 36.8 Å². The van der Waals surface area contributed by atoms with E-state index in [2.05, 4.69) is 71.2 Å². The summed E-state index contributed by atoms with van der Waals surface area (Å²) < 4.78 is 1.85. The zero-order valence-corrected chi connectivity index (χ0v) is 21.5. The summed E-state index contributed by atoms with van der Waals surface area (Å²) in [7, 11) is 1.88. The molecule has 0 saturated carbocycles. The van der Waals surface area contributed by atoms with E-state index in [1.54, 1.807) is 11.2 Å². The summed E-state index contributed by atoms with van der Waals surface area (Å²) in [5.41, 5.74) is 8.34. The second-order valence-electron chi connectivity index (χ2n) is 10.3. The molecule has 1 amide bonds. The minimum Gasteiger partial charge on any atom is -0.354 e. The van der Waals surface area contributed by atoms with Crippen molar-refractivity contribution in [1.82, 2.24) is 29.4 Å². The maximum atomic E-state index is 12.3. The highest BCUT2D eigenvalue weighted by Gasteiger charge is 2.24. The standard InChI is InChI=1S/C28H36N6O/c1-6-32(5)26(35)16-33-11-9-20(10-12-33)21-7-8-24-22(14-21)27(18(2)3)28(31-24)23-15-34-25(13-19(23)4)29-17-30-34/h7-8,13-15,17-18,20,31H,6,9-12,16H2,1-5H3. The van der Waals surface area contributed by atoms with Crippen LogP contribution in [-0.4, -0.2) is 68.5 Å². The number of nitrogens with zero attached hydrogens (tertiary/aromatic N) is 5. The molecule has 35 heavy (non-hydrogen) atoms. The third kappa shape index (κ3) is 4.45. The number of pyridine rings is 1. The molecule has 5 rings (SSSR count). The molecule has 1 fully saturated rings. The van der Waals surface area contributed by atoms with E-state index in [-0.39, 0.29) is 5.91 Å². The van der Waals surface area contributed by atoms with Crippen LogP contribution in [0.4, 0.5) is 0 Å². The number of likely N-dealkylation sites (N-methyl/N-ethyl adjacent to an activating group) is 1. The Hall–Kier alpha value is -3.19. The summed E-state index contributed by atoms with van der Waals surface area (Å²) in [4.78, 5) is 24.5. The van der Waals surface area contributed by atoms with Gasteiger partial charge in [-0.15, -0.1) is 0 Å². The number of likely N-dealkylation sites (tertiary alicyclic amines) is 1. The van der Waals surface area contributed by atoms with Crippen LogP contribution in [0.5, 0.6) is 0 Å². The zero-order chi connectivity index (χ0) is 24.7. The number of carbonyl (C=O) groups is 1. The van der Waals surface area contributed by atoms with Gasteiger partial charge in [-0.25, -0.2) is 9.50 Å². The second-order valence-corrected chi connectivity index (χ2v) is 10.3. The molecule has 4 aromatic rings. The Labute approximate surface area is 207 Å². The van der Waals surface area contributed by atoms with Crippen molar-refractivity contribution in [3.63, 3.8) is 0 Å². The van der Waals surface area contributed by atoms with Gasteiger partial charge in [-0.3, -0.25) is 9.69 Å². The van der Waals surface area contributed by atoms with Gasteiger partial charge in [0.15, 0.2) is 5.65 Å². The lowest BCUT2D eigenvalue weighted by molar-refractivity contribution is -0.131. The Morgan fingerprint density at radius 2 is 2.00 bits per heavy atom. The first-order chi connectivity index (χ1) is 16.9. The first-order valence-corrected chi connectivity index (χ1v) is 12.8. The van der Waals surface area contributed by atoms with Crippen LogP contribution in [0.25, 0.3) is 27.8 Å². The molecule has 184 valence electrons. The van der Waals surface area contributed by atoms with Crippen LogP contribution >= 0.6 is 0 Å². The van der Waals surface area contributed by atoms with Crippen molar-refractivity contribution >= 4 is 22.5 Å². The Kier molecular flexibility index (Phi) is 6.36. The lowest BCUT2D eigenvalue weighted by Gasteiger charge is -2.32. The highest BCUT2D eigenvalue weighted by atomic mass is 16.2. The SMILES string of the molecule is CCN(C)C(=O)CN1CCC(c2ccc3[nH]c(-c4cn5ncnc5cc4C)c(C(C)C)c3c2)CC1. The molecule has 1 aromatic carbocycles. The van der Waals surface area contributed by atoms with Gasteiger partial charge in [0, 0.05) is 36.3 Å². The average Bonchev–Trinajstić information content (AvgIpc) is 3.46. The van der Waals surface area contributed by atoms with Crippen molar-refractivity contribution in [2.45, 2.75) is 52.4 Å². The summed E-state index contributed by atoms with van der Waals surface area (Å²) in [5, 5.41) is 5.66. The van der Waals surface area contributed by atoms with Crippen LogP contribution < -0.4 is 0 Å².